The zero-order valence-corrected chi connectivity index (χ0v) is 15.2. The van der Waals surface area contributed by atoms with Gasteiger partial charge in [0.2, 0.25) is 5.91 Å². The van der Waals surface area contributed by atoms with Crippen molar-refractivity contribution in [3.8, 4) is 0 Å². The Morgan fingerprint density at radius 3 is 2.18 bits per heavy atom. The monoisotopic (exact) mass is 323 g/mol. The fraction of sp³-hybridized carbons (Fsp3) is 0.647. The number of ether oxygens (including phenoxy) is 1. The molecule has 1 amide bonds. The van der Waals surface area contributed by atoms with E-state index in [1.54, 1.807) is 0 Å². The summed E-state index contributed by atoms with van der Waals surface area (Å²) >= 11 is 1.45. The Balaban J connectivity index is 2.31. The first-order valence-electron chi connectivity index (χ1n) is 7.61. The highest BCUT2D eigenvalue weighted by Crippen LogP contribution is 2.68. The minimum Gasteiger partial charge on any atom is -0.465 e. The molecular weight excluding hydrogens is 298 g/mol. The lowest BCUT2D eigenvalue weighted by Gasteiger charge is -2.08. The van der Waals surface area contributed by atoms with Crippen molar-refractivity contribution in [1.82, 2.24) is 0 Å². The lowest BCUT2D eigenvalue weighted by molar-refractivity contribution is -0.118. The highest BCUT2D eigenvalue weighted by Gasteiger charge is 2.68. The number of amides is 1. The molecule has 0 unspecified atom stereocenters. The van der Waals surface area contributed by atoms with E-state index in [0.717, 1.165) is 16.9 Å². The normalized spacial score (nSPS) is 18.9. The first-order chi connectivity index (χ1) is 10.1. The lowest BCUT2D eigenvalue weighted by atomic mass is 10.0. The van der Waals surface area contributed by atoms with E-state index in [9.17, 15) is 9.59 Å². The predicted octanol–water partition coefficient (Wildman–Crippen LogP) is 4.03. The van der Waals surface area contributed by atoms with Crippen LogP contribution in [-0.2, 0) is 16.0 Å². The number of anilines is 1. The smallest absolute Gasteiger partial charge is 0.341 e. The summed E-state index contributed by atoms with van der Waals surface area (Å²) in [5.74, 6) is -0.437. The van der Waals surface area contributed by atoms with Crippen LogP contribution in [0.1, 0.15) is 55.4 Å². The molecule has 5 heteroatoms. The van der Waals surface area contributed by atoms with Gasteiger partial charge in [-0.05, 0) is 29.7 Å². The molecule has 1 aliphatic rings. The number of hydrogen-bond acceptors (Lipinski definition) is 4. The minimum absolute atomic E-state index is 0.0101. The van der Waals surface area contributed by atoms with Crippen molar-refractivity contribution in [2.24, 2.45) is 16.7 Å². The van der Waals surface area contributed by atoms with Crippen molar-refractivity contribution in [2.45, 2.75) is 48.0 Å². The van der Waals surface area contributed by atoms with Gasteiger partial charge in [-0.2, -0.15) is 0 Å². The molecule has 0 radical (unpaired) electrons. The van der Waals surface area contributed by atoms with Crippen LogP contribution >= 0.6 is 11.3 Å². The van der Waals surface area contributed by atoms with Crippen LogP contribution in [-0.4, -0.2) is 19.0 Å². The Bertz CT molecular complexity index is 614. The fourth-order valence-electron chi connectivity index (χ4n) is 3.45. The van der Waals surface area contributed by atoms with Gasteiger partial charge in [-0.25, -0.2) is 4.79 Å². The summed E-state index contributed by atoms with van der Waals surface area (Å²) in [7, 11) is 1.37. The van der Waals surface area contributed by atoms with Gasteiger partial charge in [0.05, 0.1) is 12.7 Å². The predicted molar refractivity (Wildman–Crippen MR) is 89.5 cm³/mol. The van der Waals surface area contributed by atoms with E-state index in [1.165, 1.54) is 18.4 Å². The van der Waals surface area contributed by atoms with Crippen LogP contribution < -0.4 is 5.32 Å². The summed E-state index contributed by atoms with van der Waals surface area (Å²) in [6.45, 7) is 12.4. The van der Waals surface area contributed by atoms with E-state index >= 15 is 0 Å². The molecule has 0 bridgehead atoms. The van der Waals surface area contributed by atoms with Crippen molar-refractivity contribution in [3.05, 3.63) is 16.0 Å². The minimum atomic E-state index is -0.384. The SMILES string of the molecule is CCc1c(C)sc(NC(=O)C2C(C)(C)C2(C)C)c1C(=O)OC. The largest absolute Gasteiger partial charge is 0.465 e. The quantitative estimate of drug-likeness (QED) is 0.851. The van der Waals surface area contributed by atoms with E-state index in [-0.39, 0.29) is 28.6 Å². The molecule has 1 fully saturated rings. The topological polar surface area (TPSA) is 55.4 Å². The molecule has 0 atom stereocenters. The maximum absolute atomic E-state index is 12.6. The van der Waals surface area contributed by atoms with Crippen molar-refractivity contribution in [2.75, 3.05) is 12.4 Å². The van der Waals surface area contributed by atoms with E-state index < -0.39 is 0 Å². The maximum Gasteiger partial charge on any atom is 0.341 e. The zero-order chi connectivity index (χ0) is 16.9. The van der Waals surface area contributed by atoms with Crippen molar-refractivity contribution < 1.29 is 14.3 Å². The van der Waals surface area contributed by atoms with E-state index in [0.29, 0.717) is 10.6 Å². The molecule has 1 aliphatic carbocycles. The number of thiophene rings is 1. The standard InChI is InChI=1S/C17H25NO3S/c1-8-10-9(2)22-14(11(10)15(20)21-7)18-13(19)12-16(3,4)17(12,5)6/h12H,8H2,1-7H3,(H,18,19). The molecule has 0 aromatic carbocycles. The number of carbonyl (C=O) groups excluding carboxylic acids is 2. The molecule has 0 spiro atoms. The van der Waals surface area contributed by atoms with Gasteiger partial charge in [0.1, 0.15) is 5.00 Å². The molecule has 1 saturated carbocycles. The van der Waals surface area contributed by atoms with Gasteiger partial charge in [-0.1, -0.05) is 34.6 Å². The fourth-order valence-corrected chi connectivity index (χ4v) is 4.58. The first kappa shape index (κ1) is 17.0. The summed E-state index contributed by atoms with van der Waals surface area (Å²) < 4.78 is 4.89. The van der Waals surface area contributed by atoms with Gasteiger partial charge in [-0.15, -0.1) is 11.3 Å². The van der Waals surface area contributed by atoms with Crippen LogP contribution in [0.15, 0.2) is 0 Å². The molecule has 1 aromatic rings. The van der Waals surface area contributed by atoms with Crippen LogP contribution in [0.2, 0.25) is 0 Å². The van der Waals surface area contributed by atoms with E-state index in [1.807, 2.05) is 13.8 Å². The van der Waals surface area contributed by atoms with Gasteiger partial charge in [-0.3, -0.25) is 4.79 Å². The molecular formula is C17H25NO3S. The molecule has 1 heterocycles. The lowest BCUT2D eigenvalue weighted by Crippen LogP contribution is -2.19. The number of esters is 1. The maximum atomic E-state index is 12.6. The van der Waals surface area contributed by atoms with Crippen LogP contribution in [0.25, 0.3) is 0 Å². The first-order valence-corrected chi connectivity index (χ1v) is 8.42. The number of hydrogen-bond donors (Lipinski definition) is 1. The number of rotatable bonds is 4. The second kappa shape index (κ2) is 5.37. The highest BCUT2D eigenvalue weighted by atomic mass is 32.1. The molecule has 1 aromatic heterocycles. The number of aryl methyl sites for hydroxylation is 1. The Kier molecular flexibility index (Phi) is 4.15. The van der Waals surface area contributed by atoms with Gasteiger partial charge in [0.25, 0.3) is 0 Å². The second-order valence-corrected chi connectivity index (χ2v) is 8.28. The Morgan fingerprint density at radius 2 is 1.77 bits per heavy atom. The molecule has 0 aliphatic heterocycles. The highest BCUT2D eigenvalue weighted by molar-refractivity contribution is 7.16. The Morgan fingerprint density at radius 1 is 1.23 bits per heavy atom. The Labute approximate surface area is 136 Å². The summed E-state index contributed by atoms with van der Waals surface area (Å²) in [6, 6.07) is 0. The zero-order valence-electron chi connectivity index (χ0n) is 14.4. The molecule has 2 rings (SSSR count). The average molecular weight is 323 g/mol. The van der Waals surface area contributed by atoms with Crippen LogP contribution in [0, 0.1) is 23.7 Å². The summed E-state index contributed by atoms with van der Waals surface area (Å²) in [4.78, 5) is 25.8. The number of carbonyl (C=O) groups is 2. The van der Waals surface area contributed by atoms with Gasteiger partial charge < -0.3 is 10.1 Å². The van der Waals surface area contributed by atoms with E-state index in [4.69, 9.17) is 4.74 Å². The average Bonchev–Trinajstić information content (AvgIpc) is 2.68. The van der Waals surface area contributed by atoms with E-state index in [2.05, 4.69) is 33.0 Å². The third kappa shape index (κ3) is 2.35. The molecule has 22 heavy (non-hydrogen) atoms. The van der Waals surface area contributed by atoms with Crippen molar-refractivity contribution in [1.29, 1.82) is 0 Å². The van der Waals surface area contributed by atoms with Gasteiger partial charge >= 0.3 is 5.97 Å². The van der Waals surface area contributed by atoms with Gasteiger partial charge in [0, 0.05) is 10.8 Å². The second-order valence-electron chi connectivity index (χ2n) is 7.05. The Hall–Kier alpha value is -1.36. The molecule has 0 saturated heterocycles. The molecule has 122 valence electrons. The van der Waals surface area contributed by atoms with Crippen LogP contribution in [0.3, 0.4) is 0 Å². The van der Waals surface area contributed by atoms with Crippen LogP contribution in [0.5, 0.6) is 0 Å². The third-order valence-corrected chi connectivity index (χ3v) is 6.53. The molecule has 1 N–H and O–H groups in total. The van der Waals surface area contributed by atoms with Crippen molar-refractivity contribution >= 4 is 28.2 Å². The van der Waals surface area contributed by atoms with Gasteiger partial charge in [0.15, 0.2) is 0 Å². The summed E-state index contributed by atoms with van der Waals surface area (Å²) in [6.07, 6.45) is 0.739. The third-order valence-electron chi connectivity index (χ3n) is 5.47. The molecule has 4 nitrogen and oxygen atoms in total. The summed E-state index contributed by atoms with van der Waals surface area (Å²) in [5.41, 5.74) is 1.42. The van der Waals surface area contributed by atoms with Crippen LogP contribution in [0.4, 0.5) is 5.00 Å². The number of methoxy groups -OCH3 is 1. The number of nitrogens with one attached hydrogen (secondary N) is 1. The van der Waals surface area contributed by atoms with Crippen molar-refractivity contribution in [3.63, 3.8) is 0 Å². The summed E-state index contributed by atoms with van der Waals surface area (Å²) in [5, 5.41) is 3.59.